The maximum Gasteiger partial charge on any atom is 0.355 e. The molecule has 2 aliphatic rings. The first-order valence-corrected chi connectivity index (χ1v) is 11.6. The predicted octanol–water partition coefficient (Wildman–Crippen LogP) is 2.62. The summed E-state index contributed by atoms with van der Waals surface area (Å²) in [6, 6.07) is 8.74. The molecule has 1 aromatic carbocycles. The van der Waals surface area contributed by atoms with E-state index in [1.54, 1.807) is 6.92 Å². The number of nitro benzene ring substituents is 1. The third kappa shape index (κ3) is 4.39. The van der Waals surface area contributed by atoms with E-state index in [1.807, 2.05) is 17.5 Å². The minimum atomic E-state index is -0.682. The Kier molecular flexibility index (Phi) is 6.28. The second-order valence-corrected chi connectivity index (χ2v) is 9.48. The number of fused-ring (bicyclic) bond motifs is 1. The van der Waals surface area contributed by atoms with Gasteiger partial charge in [0.2, 0.25) is 5.91 Å². The number of esters is 1. The fraction of sp³-hybridized carbons (Fsp3) is 0.286. The number of thioether (sulfide) groups is 1. The molecule has 2 aromatic rings. The normalized spacial score (nSPS) is 19.8. The van der Waals surface area contributed by atoms with Gasteiger partial charge in [0.15, 0.2) is 0 Å². The lowest BCUT2D eigenvalue weighted by Gasteiger charge is -2.49. The Morgan fingerprint density at radius 1 is 1.28 bits per heavy atom. The molecule has 1 fully saturated rings. The number of β-lactam (4-membered cyclic amide) rings is 1. The van der Waals surface area contributed by atoms with Crippen molar-refractivity contribution in [1.29, 1.82) is 0 Å². The van der Waals surface area contributed by atoms with E-state index in [4.69, 9.17) is 4.74 Å². The number of rotatable bonds is 7. The lowest BCUT2D eigenvalue weighted by Crippen LogP contribution is -2.70. The Hall–Kier alpha value is -3.18. The van der Waals surface area contributed by atoms with Crippen LogP contribution in [0.4, 0.5) is 5.69 Å². The molecule has 11 heteroatoms. The van der Waals surface area contributed by atoms with Gasteiger partial charge in [0.1, 0.15) is 23.7 Å². The highest BCUT2D eigenvalue weighted by Gasteiger charge is 2.53. The molecule has 0 radical (unpaired) electrons. The molecule has 0 saturated carbocycles. The van der Waals surface area contributed by atoms with Crippen LogP contribution in [0.5, 0.6) is 0 Å². The summed E-state index contributed by atoms with van der Waals surface area (Å²) in [5.74, 6) is -0.681. The Balaban J connectivity index is 1.38. The van der Waals surface area contributed by atoms with Gasteiger partial charge in [-0.2, -0.15) is 0 Å². The van der Waals surface area contributed by atoms with Crippen LogP contribution in [-0.4, -0.2) is 44.8 Å². The van der Waals surface area contributed by atoms with Crippen LogP contribution in [0.25, 0.3) is 0 Å². The number of nitro groups is 1. The topological polar surface area (TPSA) is 119 Å². The number of amides is 2. The fourth-order valence-electron chi connectivity index (χ4n) is 3.49. The molecule has 2 atom stereocenters. The standard InChI is InChI=1S/C21H19N3O6S2/c1-12-11-32-20-17(22-16(25)9-15-3-2-8-31-15)19(26)23(20)18(12)21(27)30-10-13-4-6-14(7-5-13)24(28)29/h2-8,17,20H,9-11H2,1H3,(H,22,25)/t17?,20-/m0/s1. The maximum atomic E-state index is 12.8. The van der Waals surface area contributed by atoms with E-state index in [-0.39, 0.29) is 41.6 Å². The summed E-state index contributed by atoms with van der Waals surface area (Å²) in [6.07, 6.45) is 0.206. The number of benzene rings is 1. The minimum absolute atomic E-state index is 0.0517. The molecule has 4 rings (SSSR count). The van der Waals surface area contributed by atoms with Gasteiger partial charge in [0, 0.05) is 22.8 Å². The van der Waals surface area contributed by atoms with E-state index in [9.17, 15) is 24.5 Å². The van der Waals surface area contributed by atoms with E-state index < -0.39 is 16.9 Å². The van der Waals surface area contributed by atoms with Crippen molar-refractivity contribution in [2.24, 2.45) is 0 Å². The van der Waals surface area contributed by atoms with Crippen molar-refractivity contribution < 1.29 is 24.0 Å². The highest BCUT2D eigenvalue weighted by molar-refractivity contribution is 8.00. The molecule has 0 bridgehead atoms. The number of carbonyl (C=O) groups excluding carboxylic acids is 3. The number of carbonyl (C=O) groups is 3. The average Bonchev–Trinajstić information content (AvgIpc) is 3.28. The quantitative estimate of drug-likeness (QED) is 0.284. The van der Waals surface area contributed by atoms with Crippen molar-refractivity contribution in [3.05, 3.63) is 73.6 Å². The van der Waals surface area contributed by atoms with Crippen molar-refractivity contribution in [1.82, 2.24) is 10.2 Å². The zero-order valence-corrected chi connectivity index (χ0v) is 18.6. The Labute approximate surface area is 191 Å². The molecule has 1 N–H and O–H groups in total. The molecule has 0 spiro atoms. The summed E-state index contributed by atoms with van der Waals surface area (Å²) in [6.45, 7) is 1.69. The summed E-state index contributed by atoms with van der Waals surface area (Å²) in [7, 11) is 0. The summed E-state index contributed by atoms with van der Waals surface area (Å²) in [5, 5.41) is 15.0. The van der Waals surface area contributed by atoms with Gasteiger partial charge in [-0.3, -0.25) is 24.6 Å². The molecule has 166 valence electrons. The second-order valence-electron chi connectivity index (χ2n) is 7.34. The molecule has 1 unspecified atom stereocenters. The van der Waals surface area contributed by atoms with E-state index in [1.165, 1.54) is 52.3 Å². The summed E-state index contributed by atoms with van der Waals surface area (Å²) >= 11 is 2.96. The van der Waals surface area contributed by atoms with Gasteiger partial charge >= 0.3 is 5.97 Å². The van der Waals surface area contributed by atoms with Gasteiger partial charge in [0.25, 0.3) is 11.6 Å². The fourth-order valence-corrected chi connectivity index (χ4v) is 5.49. The first kappa shape index (κ1) is 22.0. The maximum absolute atomic E-state index is 12.8. The Morgan fingerprint density at radius 3 is 2.69 bits per heavy atom. The lowest BCUT2D eigenvalue weighted by atomic mass is 10.0. The van der Waals surface area contributed by atoms with Crippen LogP contribution in [0, 0.1) is 10.1 Å². The highest BCUT2D eigenvalue weighted by atomic mass is 32.2. The molecule has 2 amide bonds. The highest BCUT2D eigenvalue weighted by Crippen LogP contribution is 2.40. The van der Waals surface area contributed by atoms with E-state index in [0.29, 0.717) is 11.3 Å². The zero-order valence-electron chi connectivity index (χ0n) is 17.0. The summed E-state index contributed by atoms with van der Waals surface area (Å²) < 4.78 is 5.37. The van der Waals surface area contributed by atoms with Gasteiger partial charge in [-0.1, -0.05) is 6.07 Å². The SMILES string of the molecule is CC1=C(C(=O)OCc2ccc([N+](=O)[O-])cc2)N2C(=O)C(NC(=O)Cc3cccs3)[C@@H]2SC1. The van der Waals surface area contributed by atoms with Gasteiger partial charge in [-0.05, 0) is 41.6 Å². The summed E-state index contributed by atoms with van der Waals surface area (Å²) in [4.78, 5) is 50.4. The minimum Gasteiger partial charge on any atom is -0.456 e. The number of nitrogens with one attached hydrogen (secondary N) is 1. The molecule has 1 saturated heterocycles. The first-order valence-electron chi connectivity index (χ1n) is 9.72. The number of non-ortho nitro benzene ring substituents is 1. The van der Waals surface area contributed by atoms with Crippen molar-refractivity contribution in [3.63, 3.8) is 0 Å². The van der Waals surface area contributed by atoms with E-state index in [2.05, 4.69) is 5.32 Å². The third-order valence-corrected chi connectivity index (χ3v) is 7.40. The molecule has 9 nitrogen and oxygen atoms in total. The number of ether oxygens (including phenoxy) is 1. The first-order chi connectivity index (χ1) is 15.3. The third-order valence-electron chi connectivity index (χ3n) is 5.10. The number of nitrogens with zero attached hydrogens (tertiary/aromatic N) is 2. The van der Waals surface area contributed by atoms with Crippen LogP contribution in [0.2, 0.25) is 0 Å². The molecule has 1 aromatic heterocycles. The predicted molar refractivity (Wildman–Crippen MR) is 119 cm³/mol. The van der Waals surface area contributed by atoms with Crippen molar-refractivity contribution in [2.45, 2.75) is 31.4 Å². The second kappa shape index (κ2) is 9.13. The number of hydrogen-bond donors (Lipinski definition) is 1. The van der Waals surface area contributed by atoms with Gasteiger partial charge < -0.3 is 10.1 Å². The number of thiophene rings is 1. The molecular formula is C21H19N3O6S2. The monoisotopic (exact) mass is 473 g/mol. The van der Waals surface area contributed by atoms with Crippen LogP contribution < -0.4 is 5.32 Å². The van der Waals surface area contributed by atoms with Gasteiger partial charge in [-0.15, -0.1) is 23.1 Å². The van der Waals surface area contributed by atoms with Crippen molar-refractivity contribution >= 4 is 46.6 Å². The average molecular weight is 474 g/mol. The molecular weight excluding hydrogens is 454 g/mol. The van der Waals surface area contributed by atoms with E-state index >= 15 is 0 Å². The lowest BCUT2D eigenvalue weighted by molar-refractivity contribution is -0.384. The van der Waals surface area contributed by atoms with Crippen LogP contribution in [0.3, 0.4) is 0 Å². The van der Waals surface area contributed by atoms with Crippen LogP contribution in [0.1, 0.15) is 17.4 Å². The van der Waals surface area contributed by atoms with Gasteiger partial charge in [0.05, 0.1) is 11.3 Å². The van der Waals surface area contributed by atoms with Crippen LogP contribution >= 0.6 is 23.1 Å². The summed E-state index contributed by atoms with van der Waals surface area (Å²) in [5.41, 5.74) is 1.46. The van der Waals surface area contributed by atoms with Crippen molar-refractivity contribution in [3.8, 4) is 0 Å². The zero-order chi connectivity index (χ0) is 22.8. The van der Waals surface area contributed by atoms with Crippen LogP contribution in [-0.2, 0) is 32.1 Å². The van der Waals surface area contributed by atoms with Crippen molar-refractivity contribution in [2.75, 3.05) is 5.75 Å². The number of hydrogen-bond acceptors (Lipinski definition) is 8. The van der Waals surface area contributed by atoms with Crippen LogP contribution in [0.15, 0.2) is 53.0 Å². The Morgan fingerprint density at radius 2 is 2.03 bits per heavy atom. The largest absolute Gasteiger partial charge is 0.456 e. The molecule has 0 aliphatic carbocycles. The molecule has 32 heavy (non-hydrogen) atoms. The smallest absolute Gasteiger partial charge is 0.355 e. The van der Waals surface area contributed by atoms with Gasteiger partial charge in [-0.25, -0.2) is 4.79 Å². The Bertz CT molecular complexity index is 1100. The van der Waals surface area contributed by atoms with E-state index in [0.717, 1.165) is 10.5 Å². The molecule has 2 aliphatic heterocycles. The molecule has 3 heterocycles.